The molecule has 14 heteroatoms. The Labute approximate surface area is 311 Å². The van der Waals surface area contributed by atoms with E-state index in [0.717, 1.165) is 52.0 Å². The number of carboxylic acids is 1. The number of nitrogens with zero attached hydrogens (tertiary/aromatic N) is 4. The van der Waals surface area contributed by atoms with Crippen LogP contribution in [0.3, 0.4) is 0 Å². The lowest BCUT2D eigenvalue weighted by atomic mass is 9.71. The zero-order chi connectivity index (χ0) is 37.9. The van der Waals surface area contributed by atoms with Gasteiger partial charge in [0.25, 0.3) is 15.9 Å². The van der Waals surface area contributed by atoms with Crippen LogP contribution in [0.25, 0.3) is 0 Å². The van der Waals surface area contributed by atoms with Crippen molar-refractivity contribution >= 4 is 33.5 Å². The average molecular weight is 749 g/mol. The van der Waals surface area contributed by atoms with Crippen LogP contribution in [0.5, 0.6) is 17.2 Å². The topological polar surface area (TPSA) is 146 Å². The van der Waals surface area contributed by atoms with E-state index in [1.807, 2.05) is 0 Å². The van der Waals surface area contributed by atoms with Crippen molar-refractivity contribution in [3.8, 4) is 17.2 Å². The molecule has 3 aromatic carbocycles. The fourth-order valence-corrected chi connectivity index (χ4v) is 9.65. The molecule has 6 rings (SSSR count). The first-order chi connectivity index (χ1) is 25.5. The average Bonchev–Trinajstić information content (AvgIpc) is 3.42. The lowest BCUT2D eigenvalue weighted by Gasteiger charge is -2.43. The summed E-state index contributed by atoms with van der Waals surface area (Å²) in [5, 5.41) is 10.1. The van der Waals surface area contributed by atoms with Crippen molar-refractivity contribution in [1.29, 1.82) is 0 Å². The van der Waals surface area contributed by atoms with E-state index in [4.69, 9.17) is 14.2 Å². The van der Waals surface area contributed by atoms with Crippen LogP contribution in [0.1, 0.15) is 61.0 Å². The highest BCUT2D eigenvalue weighted by Gasteiger charge is 2.59. The summed E-state index contributed by atoms with van der Waals surface area (Å²) in [6, 6.07) is 15.0. The maximum atomic E-state index is 15.3. The number of aromatic carboxylic acids is 1. The van der Waals surface area contributed by atoms with E-state index < -0.39 is 33.7 Å². The smallest absolute Gasteiger partial charge is 0.335 e. The maximum absolute atomic E-state index is 15.3. The highest BCUT2D eigenvalue weighted by Crippen LogP contribution is 2.53. The van der Waals surface area contributed by atoms with Gasteiger partial charge >= 0.3 is 5.97 Å². The van der Waals surface area contributed by atoms with Crippen molar-refractivity contribution in [1.82, 2.24) is 14.7 Å². The molecule has 3 heterocycles. The molecule has 0 aliphatic carbocycles. The van der Waals surface area contributed by atoms with Gasteiger partial charge in [-0.25, -0.2) is 17.5 Å². The monoisotopic (exact) mass is 748 g/mol. The number of piperazine rings is 1. The lowest BCUT2D eigenvalue weighted by Crippen LogP contribution is -2.54. The lowest BCUT2D eigenvalue weighted by molar-refractivity contribution is -0.136. The van der Waals surface area contributed by atoms with Gasteiger partial charge < -0.3 is 29.1 Å². The SMILES string of the molecule is CCCN1CCN(C2CCN(C(=O)CC3(c4ccccc4OCC)C(=O)N(S(=O)(=O)c4ccc(OC)cc4OC)c4ccc(C(=O)O)cc43)CC2)CC1. The molecule has 2 amide bonds. The number of amides is 2. The van der Waals surface area contributed by atoms with E-state index >= 15 is 4.79 Å². The summed E-state index contributed by atoms with van der Waals surface area (Å²) >= 11 is 0. The minimum Gasteiger partial charge on any atom is -0.497 e. The summed E-state index contributed by atoms with van der Waals surface area (Å²) < 4.78 is 46.8. The van der Waals surface area contributed by atoms with Crippen LogP contribution in [0.2, 0.25) is 0 Å². The highest BCUT2D eigenvalue weighted by atomic mass is 32.2. The number of methoxy groups -OCH3 is 2. The molecule has 2 fully saturated rings. The Morgan fingerprint density at radius 3 is 2.23 bits per heavy atom. The number of hydrogen-bond donors (Lipinski definition) is 1. The summed E-state index contributed by atoms with van der Waals surface area (Å²) in [5.74, 6) is -1.97. The van der Waals surface area contributed by atoms with Crippen molar-refractivity contribution in [2.75, 3.05) is 70.9 Å². The molecule has 1 N–H and O–H groups in total. The summed E-state index contributed by atoms with van der Waals surface area (Å²) in [7, 11) is -1.97. The largest absolute Gasteiger partial charge is 0.497 e. The molecule has 0 bridgehead atoms. The third kappa shape index (κ3) is 7.07. The number of sulfonamides is 1. The van der Waals surface area contributed by atoms with Crippen molar-refractivity contribution in [3.63, 3.8) is 0 Å². The van der Waals surface area contributed by atoms with Gasteiger partial charge in [-0.3, -0.25) is 14.5 Å². The summed E-state index contributed by atoms with van der Waals surface area (Å²) in [6.07, 6.45) is 2.22. The van der Waals surface area contributed by atoms with Crippen LogP contribution in [0.15, 0.2) is 65.6 Å². The number of benzene rings is 3. The quantitative estimate of drug-likeness (QED) is 0.268. The zero-order valence-electron chi connectivity index (χ0n) is 30.7. The molecule has 0 aromatic heterocycles. The van der Waals surface area contributed by atoms with Gasteiger partial charge in [0.15, 0.2) is 0 Å². The summed E-state index contributed by atoms with van der Waals surface area (Å²) in [4.78, 5) is 48.7. The van der Waals surface area contributed by atoms with Crippen LogP contribution in [0.4, 0.5) is 5.69 Å². The second-order valence-electron chi connectivity index (χ2n) is 13.6. The van der Waals surface area contributed by atoms with Crippen LogP contribution < -0.4 is 18.5 Å². The number of hydrogen-bond acceptors (Lipinski definition) is 10. The third-order valence-corrected chi connectivity index (χ3v) is 12.4. The normalized spacial score (nSPS) is 20.0. The molecule has 3 aromatic rings. The summed E-state index contributed by atoms with van der Waals surface area (Å²) in [5.41, 5.74) is -1.83. The first-order valence-corrected chi connectivity index (χ1v) is 19.6. The zero-order valence-corrected chi connectivity index (χ0v) is 31.6. The Morgan fingerprint density at radius 2 is 1.58 bits per heavy atom. The van der Waals surface area contributed by atoms with Gasteiger partial charge in [0, 0.05) is 63.4 Å². The van der Waals surface area contributed by atoms with E-state index in [-0.39, 0.29) is 51.3 Å². The van der Waals surface area contributed by atoms with E-state index in [0.29, 0.717) is 29.2 Å². The number of anilines is 1. The molecule has 1 atom stereocenters. The minimum absolute atomic E-state index is 0.0567. The Morgan fingerprint density at radius 1 is 0.868 bits per heavy atom. The van der Waals surface area contributed by atoms with Crippen LogP contribution >= 0.6 is 0 Å². The number of ether oxygens (including phenoxy) is 3. The van der Waals surface area contributed by atoms with Gasteiger partial charge in [-0.1, -0.05) is 25.1 Å². The molecule has 1 unspecified atom stereocenters. The molecule has 53 heavy (non-hydrogen) atoms. The van der Waals surface area contributed by atoms with Gasteiger partial charge in [0.2, 0.25) is 5.91 Å². The molecule has 13 nitrogen and oxygen atoms in total. The van der Waals surface area contributed by atoms with E-state index in [2.05, 4.69) is 16.7 Å². The van der Waals surface area contributed by atoms with E-state index in [1.54, 1.807) is 36.1 Å². The van der Waals surface area contributed by atoms with Crippen LogP contribution in [-0.4, -0.2) is 119 Å². The standard InChI is InChI=1S/C39H48N4O9S/c1-5-17-40-20-22-41(23-21-40)28-15-18-42(19-16-28)36(44)26-39(30-9-7-8-10-33(30)52-6-2)31-24-27(37(45)46)11-13-32(31)43(38(39)47)53(48,49)35-14-12-29(50-3)25-34(35)51-4/h7-14,24-25,28H,5-6,15-23,26H2,1-4H3,(H,45,46). The predicted molar refractivity (Wildman–Crippen MR) is 199 cm³/mol. The first-order valence-electron chi connectivity index (χ1n) is 18.2. The number of piperidine rings is 1. The van der Waals surface area contributed by atoms with E-state index in [9.17, 15) is 23.1 Å². The number of carboxylic acid groups (broad SMARTS) is 1. The van der Waals surface area contributed by atoms with Gasteiger partial charge in [-0.15, -0.1) is 0 Å². The van der Waals surface area contributed by atoms with Gasteiger partial charge in [0.1, 0.15) is 27.6 Å². The summed E-state index contributed by atoms with van der Waals surface area (Å²) in [6.45, 7) is 10.3. The molecule has 0 radical (unpaired) electrons. The van der Waals surface area contributed by atoms with Crippen LogP contribution in [0, 0.1) is 0 Å². The number of likely N-dealkylation sites (tertiary alicyclic amines) is 1. The molecular formula is C39H48N4O9S. The van der Waals surface area contributed by atoms with Gasteiger partial charge in [0.05, 0.1) is 32.1 Å². The molecule has 284 valence electrons. The van der Waals surface area contributed by atoms with Crippen molar-refractivity contribution < 1.29 is 42.1 Å². The Hall–Kier alpha value is -4.66. The number of para-hydroxylation sites is 1. The van der Waals surface area contributed by atoms with Crippen molar-refractivity contribution in [2.24, 2.45) is 0 Å². The number of fused-ring (bicyclic) bond motifs is 1. The van der Waals surface area contributed by atoms with Gasteiger partial charge in [-0.2, -0.15) is 0 Å². The molecule has 3 aliphatic rings. The van der Waals surface area contributed by atoms with Crippen molar-refractivity contribution in [2.45, 2.75) is 55.9 Å². The van der Waals surface area contributed by atoms with Crippen LogP contribution in [-0.2, 0) is 25.0 Å². The van der Waals surface area contributed by atoms with Gasteiger partial charge in [-0.05, 0) is 74.7 Å². The molecule has 0 saturated carbocycles. The molecule has 3 aliphatic heterocycles. The third-order valence-electron chi connectivity index (χ3n) is 10.7. The molecular weight excluding hydrogens is 701 g/mol. The number of carbonyl (C=O) groups is 3. The second kappa shape index (κ2) is 15.7. The Kier molecular flexibility index (Phi) is 11.3. The second-order valence-corrected chi connectivity index (χ2v) is 15.4. The first kappa shape index (κ1) is 38.1. The Bertz CT molecular complexity index is 1960. The van der Waals surface area contributed by atoms with E-state index in [1.165, 1.54) is 50.6 Å². The predicted octanol–water partition coefficient (Wildman–Crippen LogP) is 4.23. The number of rotatable bonds is 13. The minimum atomic E-state index is -4.71. The fourth-order valence-electron chi connectivity index (χ4n) is 8.03. The maximum Gasteiger partial charge on any atom is 0.335 e. The molecule has 0 spiro atoms. The number of carbonyl (C=O) groups excluding carboxylic acids is 2. The van der Waals surface area contributed by atoms with Crippen molar-refractivity contribution in [3.05, 3.63) is 77.4 Å². The highest BCUT2D eigenvalue weighted by molar-refractivity contribution is 7.93. The molecule has 2 saturated heterocycles. The Balaban J connectivity index is 1.42. The fraction of sp³-hybridized carbons (Fsp3) is 0.462.